The predicted octanol–water partition coefficient (Wildman–Crippen LogP) is 3.52. The number of azide groups is 1. The SMILES string of the molecule is N#Cc1cc(C(F)(F)F)ccc1N=[N+]=[N-]. The molecule has 0 amide bonds. The van der Waals surface area contributed by atoms with Crippen LogP contribution in [0.1, 0.15) is 11.1 Å². The highest BCUT2D eigenvalue weighted by Gasteiger charge is 2.30. The molecule has 0 unspecified atom stereocenters. The molecule has 0 aliphatic rings. The third-order valence-corrected chi connectivity index (χ3v) is 1.60. The fourth-order valence-electron chi connectivity index (χ4n) is 0.937. The number of hydrogen-bond acceptors (Lipinski definition) is 2. The van der Waals surface area contributed by atoms with Crippen LogP contribution in [0.2, 0.25) is 0 Å². The summed E-state index contributed by atoms with van der Waals surface area (Å²) in [6.07, 6.45) is -4.51. The molecule has 1 aromatic rings. The summed E-state index contributed by atoms with van der Waals surface area (Å²) in [6, 6.07) is 3.89. The molecule has 1 rings (SSSR count). The maximum Gasteiger partial charge on any atom is 0.416 e. The summed E-state index contributed by atoms with van der Waals surface area (Å²) >= 11 is 0. The van der Waals surface area contributed by atoms with Gasteiger partial charge in [-0.25, -0.2) is 0 Å². The van der Waals surface area contributed by atoms with Crippen molar-refractivity contribution < 1.29 is 13.2 Å². The average Bonchev–Trinajstić information content (AvgIpc) is 2.17. The van der Waals surface area contributed by atoms with Crippen LogP contribution < -0.4 is 0 Å². The summed E-state index contributed by atoms with van der Waals surface area (Å²) < 4.78 is 36.6. The second-order valence-corrected chi connectivity index (χ2v) is 2.53. The summed E-state index contributed by atoms with van der Waals surface area (Å²) in [6.45, 7) is 0. The van der Waals surface area contributed by atoms with Crippen LogP contribution in [0.5, 0.6) is 0 Å². The Balaban J connectivity index is 3.33. The number of halogens is 3. The zero-order chi connectivity index (χ0) is 11.5. The summed E-state index contributed by atoms with van der Waals surface area (Å²) in [5.41, 5.74) is 6.73. The predicted molar refractivity (Wildman–Crippen MR) is 45.0 cm³/mol. The van der Waals surface area contributed by atoms with Gasteiger partial charge in [-0.1, -0.05) is 11.2 Å². The molecule has 0 heterocycles. The van der Waals surface area contributed by atoms with Crippen molar-refractivity contribution in [3.63, 3.8) is 0 Å². The van der Waals surface area contributed by atoms with Crippen molar-refractivity contribution in [3.8, 4) is 6.07 Å². The summed E-state index contributed by atoms with van der Waals surface area (Å²) in [4.78, 5) is 2.40. The van der Waals surface area contributed by atoms with E-state index in [4.69, 9.17) is 10.8 Å². The van der Waals surface area contributed by atoms with E-state index in [1.165, 1.54) is 6.07 Å². The van der Waals surface area contributed by atoms with Crippen molar-refractivity contribution in [1.82, 2.24) is 0 Å². The van der Waals surface area contributed by atoms with Gasteiger partial charge in [-0.05, 0) is 17.7 Å². The molecule has 0 saturated heterocycles. The molecule has 0 bridgehead atoms. The van der Waals surface area contributed by atoms with Crippen molar-refractivity contribution in [3.05, 3.63) is 39.8 Å². The van der Waals surface area contributed by atoms with Gasteiger partial charge < -0.3 is 0 Å². The van der Waals surface area contributed by atoms with Crippen LogP contribution in [0.3, 0.4) is 0 Å². The molecule has 4 nitrogen and oxygen atoms in total. The van der Waals surface area contributed by atoms with Crippen LogP contribution in [0.15, 0.2) is 23.3 Å². The lowest BCUT2D eigenvalue weighted by Gasteiger charge is -2.06. The average molecular weight is 212 g/mol. The Kier molecular flexibility index (Phi) is 2.83. The lowest BCUT2D eigenvalue weighted by Crippen LogP contribution is -2.04. The number of rotatable bonds is 1. The number of benzene rings is 1. The first kappa shape index (κ1) is 10.9. The lowest BCUT2D eigenvalue weighted by atomic mass is 10.1. The minimum Gasteiger partial charge on any atom is -0.192 e. The van der Waals surface area contributed by atoms with E-state index in [1.54, 1.807) is 0 Å². The maximum atomic E-state index is 12.2. The number of alkyl halides is 3. The first-order valence-corrected chi connectivity index (χ1v) is 3.65. The van der Waals surface area contributed by atoms with Gasteiger partial charge in [-0.2, -0.15) is 18.4 Å². The topological polar surface area (TPSA) is 72.5 Å². The standard InChI is InChI=1S/C8H3F3N4/c9-8(10,11)6-1-2-7(14-15-13)5(3-6)4-12/h1-3H. The molecule has 0 aliphatic heterocycles. The van der Waals surface area contributed by atoms with Gasteiger partial charge in [0.1, 0.15) is 0 Å². The molecular formula is C8H3F3N4. The molecule has 0 N–H and O–H groups in total. The van der Waals surface area contributed by atoms with Crippen LogP contribution in [0.4, 0.5) is 18.9 Å². The van der Waals surface area contributed by atoms with Gasteiger partial charge in [0.05, 0.1) is 22.9 Å². The third kappa shape index (κ3) is 2.39. The first-order chi connectivity index (χ1) is 6.99. The van der Waals surface area contributed by atoms with E-state index < -0.39 is 11.7 Å². The van der Waals surface area contributed by atoms with Gasteiger partial charge in [0.15, 0.2) is 0 Å². The van der Waals surface area contributed by atoms with Crippen LogP contribution in [-0.4, -0.2) is 0 Å². The van der Waals surface area contributed by atoms with Crippen molar-refractivity contribution >= 4 is 5.69 Å². The Morgan fingerprint density at radius 3 is 2.53 bits per heavy atom. The van der Waals surface area contributed by atoms with E-state index in [2.05, 4.69) is 10.0 Å². The molecule has 0 atom stereocenters. The molecule has 1 aromatic carbocycles. The first-order valence-electron chi connectivity index (χ1n) is 3.65. The molecule has 0 spiro atoms. The molecular weight excluding hydrogens is 209 g/mol. The summed E-state index contributed by atoms with van der Waals surface area (Å²) in [5.74, 6) is 0. The van der Waals surface area contributed by atoms with Gasteiger partial charge in [-0.15, -0.1) is 0 Å². The van der Waals surface area contributed by atoms with Crippen LogP contribution >= 0.6 is 0 Å². The largest absolute Gasteiger partial charge is 0.416 e. The van der Waals surface area contributed by atoms with Gasteiger partial charge in [-0.3, -0.25) is 0 Å². The lowest BCUT2D eigenvalue weighted by molar-refractivity contribution is -0.137. The molecule has 0 fully saturated rings. The minimum absolute atomic E-state index is 0.118. The zero-order valence-corrected chi connectivity index (χ0v) is 7.15. The third-order valence-electron chi connectivity index (χ3n) is 1.60. The van der Waals surface area contributed by atoms with E-state index in [9.17, 15) is 13.2 Å². The minimum atomic E-state index is -4.51. The normalized spacial score (nSPS) is 10.3. The fraction of sp³-hybridized carbons (Fsp3) is 0.125. The van der Waals surface area contributed by atoms with Crippen LogP contribution in [0, 0.1) is 11.3 Å². The molecule has 15 heavy (non-hydrogen) atoms. The molecule has 0 aromatic heterocycles. The van der Waals surface area contributed by atoms with E-state index >= 15 is 0 Å². The van der Waals surface area contributed by atoms with Gasteiger partial charge >= 0.3 is 6.18 Å². The van der Waals surface area contributed by atoms with Crippen molar-refractivity contribution in [2.45, 2.75) is 6.18 Å². The highest BCUT2D eigenvalue weighted by atomic mass is 19.4. The van der Waals surface area contributed by atoms with E-state index in [0.29, 0.717) is 6.07 Å². The van der Waals surface area contributed by atoms with Crippen molar-refractivity contribution in [2.75, 3.05) is 0 Å². The molecule has 0 aliphatic carbocycles. The highest BCUT2D eigenvalue weighted by Crippen LogP contribution is 2.32. The second-order valence-electron chi connectivity index (χ2n) is 2.53. The Labute approximate surface area is 82.2 Å². The molecule has 76 valence electrons. The highest BCUT2D eigenvalue weighted by molar-refractivity contribution is 5.54. The number of nitriles is 1. The smallest absolute Gasteiger partial charge is 0.192 e. The van der Waals surface area contributed by atoms with Gasteiger partial charge in [0.2, 0.25) is 0 Å². The number of nitrogens with zero attached hydrogens (tertiary/aromatic N) is 4. The van der Waals surface area contributed by atoms with E-state index in [-0.39, 0.29) is 11.3 Å². The fourth-order valence-corrected chi connectivity index (χ4v) is 0.937. The van der Waals surface area contributed by atoms with E-state index in [0.717, 1.165) is 12.1 Å². The quantitative estimate of drug-likeness (QED) is 0.398. The molecule has 7 heteroatoms. The Morgan fingerprint density at radius 1 is 1.40 bits per heavy atom. The number of hydrogen-bond donors (Lipinski definition) is 0. The molecule has 0 radical (unpaired) electrons. The maximum absolute atomic E-state index is 12.2. The summed E-state index contributed by atoms with van der Waals surface area (Å²) in [5, 5.41) is 11.6. The van der Waals surface area contributed by atoms with E-state index in [1.807, 2.05) is 0 Å². The van der Waals surface area contributed by atoms with Crippen molar-refractivity contribution in [1.29, 1.82) is 5.26 Å². The van der Waals surface area contributed by atoms with Gasteiger partial charge in [0, 0.05) is 4.91 Å². The van der Waals surface area contributed by atoms with Crippen LogP contribution in [0.25, 0.3) is 10.4 Å². The monoisotopic (exact) mass is 212 g/mol. The molecule has 0 saturated carbocycles. The Morgan fingerprint density at radius 2 is 2.07 bits per heavy atom. The van der Waals surface area contributed by atoms with Gasteiger partial charge in [0.25, 0.3) is 0 Å². The Hall–Kier alpha value is -2.19. The Bertz CT molecular complexity index is 466. The summed E-state index contributed by atoms with van der Waals surface area (Å²) in [7, 11) is 0. The zero-order valence-electron chi connectivity index (χ0n) is 7.15. The van der Waals surface area contributed by atoms with Crippen LogP contribution in [-0.2, 0) is 6.18 Å². The second kappa shape index (κ2) is 3.90. The van der Waals surface area contributed by atoms with Crippen molar-refractivity contribution in [2.24, 2.45) is 5.11 Å².